The minimum Gasteiger partial charge on any atom is -0.0590 e. The summed E-state index contributed by atoms with van der Waals surface area (Å²) in [5.41, 5.74) is 13.0. The van der Waals surface area contributed by atoms with Crippen LogP contribution in [0.1, 0.15) is 33.4 Å². The van der Waals surface area contributed by atoms with Gasteiger partial charge >= 0.3 is 0 Å². The maximum atomic E-state index is 3.36. The molecule has 0 bridgehead atoms. The third-order valence-corrected chi connectivity index (χ3v) is 4.67. The van der Waals surface area contributed by atoms with Gasteiger partial charge in [-0.1, -0.05) is 48.0 Å². The highest BCUT2D eigenvalue weighted by atomic mass is 14.2. The van der Waals surface area contributed by atoms with Crippen molar-refractivity contribution < 1.29 is 0 Å². The molecule has 0 fully saturated rings. The molecule has 0 atom stereocenters. The molecule has 24 heavy (non-hydrogen) atoms. The molecular weight excluding hydrogens is 288 g/mol. The lowest BCUT2D eigenvalue weighted by Crippen LogP contribution is -1.94. The van der Waals surface area contributed by atoms with Crippen LogP contribution >= 0.6 is 0 Å². The van der Waals surface area contributed by atoms with Gasteiger partial charge in [0.1, 0.15) is 0 Å². The lowest BCUT2D eigenvalue weighted by molar-refractivity contribution is 1.32. The van der Waals surface area contributed by atoms with Crippen molar-refractivity contribution in [3.63, 3.8) is 0 Å². The zero-order valence-electron chi connectivity index (χ0n) is 15.5. The summed E-state index contributed by atoms with van der Waals surface area (Å²) in [7, 11) is 0. The quantitative estimate of drug-likeness (QED) is 0.495. The summed E-state index contributed by atoms with van der Waals surface area (Å²) in [6.07, 6.45) is 0. The van der Waals surface area contributed by atoms with E-state index in [1.54, 1.807) is 0 Å². The molecule has 0 nitrogen and oxygen atoms in total. The van der Waals surface area contributed by atoms with Crippen LogP contribution in [0.4, 0.5) is 0 Å². The molecule has 0 aliphatic rings. The number of rotatable bonds is 2. The van der Waals surface area contributed by atoms with Gasteiger partial charge in [0.05, 0.1) is 0 Å². The van der Waals surface area contributed by atoms with Gasteiger partial charge in [0.25, 0.3) is 0 Å². The lowest BCUT2D eigenvalue weighted by atomic mass is 9.88. The van der Waals surface area contributed by atoms with Crippen LogP contribution in [0, 0.1) is 47.6 Å². The number of benzene rings is 3. The molecule has 0 aliphatic carbocycles. The van der Waals surface area contributed by atoms with Crippen LogP contribution in [0.2, 0.25) is 0 Å². The van der Waals surface area contributed by atoms with Crippen LogP contribution in [0.25, 0.3) is 22.3 Å². The van der Waals surface area contributed by atoms with Gasteiger partial charge in [-0.05, 0) is 97.7 Å². The van der Waals surface area contributed by atoms with Crippen molar-refractivity contribution in [2.45, 2.75) is 41.5 Å². The van der Waals surface area contributed by atoms with Crippen molar-refractivity contribution in [1.82, 2.24) is 0 Å². The summed E-state index contributed by atoms with van der Waals surface area (Å²) in [6.45, 7) is 13.0. The highest BCUT2D eigenvalue weighted by Crippen LogP contribution is 2.34. The van der Waals surface area contributed by atoms with Crippen LogP contribution in [0.15, 0.2) is 42.5 Å². The first-order valence-corrected chi connectivity index (χ1v) is 8.55. The topological polar surface area (TPSA) is 0 Å². The second-order valence-corrected chi connectivity index (χ2v) is 7.04. The van der Waals surface area contributed by atoms with Crippen LogP contribution in [-0.4, -0.2) is 0 Å². The normalized spacial score (nSPS) is 10.9. The lowest BCUT2D eigenvalue weighted by Gasteiger charge is -2.16. The maximum Gasteiger partial charge on any atom is -0.0120 e. The minimum atomic E-state index is 1.19. The Kier molecular flexibility index (Phi) is 4.32. The van der Waals surface area contributed by atoms with Crippen molar-refractivity contribution in [2.75, 3.05) is 0 Å². The summed E-state index contributed by atoms with van der Waals surface area (Å²) in [4.78, 5) is 0. The third-order valence-electron chi connectivity index (χ3n) is 4.67. The largest absolute Gasteiger partial charge is 0.0590 e. The van der Waals surface area contributed by atoms with Gasteiger partial charge in [-0.2, -0.15) is 0 Å². The van der Waals surface area contributed by atoms with Gasteiger partial charge < -0.3 is 0 Å². The molecule has 3 aromatic carbocycles. The first kappa shape index (κ1) is 16.5. The standard InChI is InChI=1S/C24H25/c1-15-7-8-18(4)23(12-15)24-19(5)13-22(14-20(24)6)21-10-16(2)9-17(3)11-21/h7-8,10-14H,1-6H3. The number of hydrogen-bond donors (Lipinski definition) is 0. The molecule has 0 aromatic heterocycles. The highest BCUT2D eigenvalue weighted by Gasteiger charge is 2.11. The second kappa shape index (κ2) is 6.28. The predicted octanol–water partition coefficient (Wildman–Crippen LogP) is 6.67. The smallest absolute Gasteiger partial charge is 0.0120 e. The van der Waals surface area contributed by atoms with Gasteiger partial charge in [0.2, 0.25) is 0 Å². The summed E-state index contributed by atoms with van der Waals surface area (Å²) in [5, 5.41) is 0. The molecule has 3 rings (SSSR count). The molecule has 3 aromatic rings. The van der Waals surface area contributed by atoms with E-state index in [0.29, 0.717) is 0 Å². The predicted molar refractivity (Wildman–Crippen MR) is 105 cm³/mol. The van der Waals surface area contributed by atoms with Gasteiger partial charge in [-0.25, -0.2) is 0 Å². The van der Waals surface area contributed by atoms with E-state index in [9.17, 15) is 0 Å². The SMILES string of the molecule is Cc1[c]c(C)cc(-c2cc(C)c(-c3cc(C)ccc3C)c(C)c2)c1. The highest BCUT2D eigenvalue weighted by molar-refractivity contribution is 5.79. The Balaban J connectivity index is 2.18. The Bertz CT molecular complexity index is 870. The molecule has 0 spiro atoms. The Hall–Kier alpha value is -2.34. The Labute approximate surface area is 146 Å². The molecular formula is C24H25. The average molecular weight is 313 g/mol. The molecule has 0 amide bonds. The van der Waals surface area contributed by atoms with Crippen molar-refractivity contribution in [2.24, 2.45) is 0 Å². The Morgan fingerprint density at radius 3 is 1.71 bits per heavy atom. The van der Waals surface area contributed by atoms with E-state index in [0.717, 1.165) is 0 Å². The maximum absolute atomic E-state index is 3.36. The van der Waals surface area contributed by atoms with Gasteiger partial charge in [0, 0.05) is 0 Å². The van der Waals surface area contributed by atoms with Crippen molar-refractivity contribution in [3.8, 4) is 22.3 Å². The van der Waals surface area contributed by atoms with E-state index >= 15 is 0 Å². The molecule has 0 N–H and O–H groups in total. The first-order valence-electron chi connectivity index (χ1n) is 8.55. The Morgan fingerprint density at radius 2 is 1.12 bits per heavy atom. The van der Waals surface area contributed by atoms with Gasteiger partial charge in [-0.3, -0.25) is 0 Å². The Morgan fingerprint density at radius 1 is 0.583 bits per heavy atom. The molecule has 0 saturated heterocycles. The first-order chi connectivity index (χ1) is 11.3. The molecule has 0 saturated carbocycles. The van der Waals surface area contributed by atoms with E-state index in [2.05, 4.69) is 90.1 Å². The second-order valence-electron chi connectivity index (χ2n) is 7.04. The van der Waals surface area contributed by atoms with Gasteiger partial charge in [-0.15, -0.1) is 0 Å². The van der Waals surface area contributed by atoms with E-state index in [4.69, 9.17) is 0 Å². The molecule has 121 valence electrons. The minimum absolute atomic E-state index is 1.19. The molecule has 0 aliphatic heterocycles. The monoisotopic (exact) mass is 313 g/mol. The zero-order valence-corrected chi connectivity index (χ0v) is 15.5. The third kappa shape index (κ3) is 3.14. The fourth-order valence-electron chi connectivity index (χ4n) is 3.62. The fourth-order valence-corrected chi connectivity index (χ4v) is 3.62. The van der Waals surface area contributed by atoms with Gasteiger partial charge in [0.15, 0.2) is 0 Å². The zero-order chi connectivity index (χ0) is 17.4. The summed E-state index contributed by atoms with van der Waals surface area (Å²) < 4.78 is 0. The van der Waals surface area contributed by atoms with E-state index < -0.39 is 0 Å². The van der Waals surface area contributed by atoms with Crippen LogP contribution in [-0.2, 0) is 0 Å². The van der Waals surface area contributed by atoms with Crippen LogP contribution in [0.5, 0.6) is 0 Å². The van der Waals surface area contributed by atoms with Crippen molar-refractivity contribution in [3.05, 3.63) is 81.9 Å². The number of hydrogen-bond acceptors (Lipinski definition) is 0. The number of aryl methyl sites for hydroxylation is 6. The summed E-state index contributed by atoms with van der Waals surface area (Å²) in [6, 6.07) is 19.1. The van der Waals surface area contributed by atoms with E-state index in [1.165, 1.54) is 55.6 Å². The summed E-state index contributed by atoms with van der Waals surface area (Å²) in [5.74, 6) is 0. The molecule has 0 unspecified atom stereocenters. The molecule has 1 radical (unpaired) electrons. The van der Waals surface area contributed by atoms with E-state index in [1.807, 2.05) is 0 Å². The van der Waals surface area contributed by atoms with E-state index in [-0.39, 0.29) is 0 Å². The van der Waals surface area contributed by atoms with Crippen LogP contribution < -0.4 is 0 Å². The van der Waals surface area contributed by atoms with Crippen LogP contribution in [0.3, 0.4) is 0 Å². The average Bonchev–Trinajstić information content (AvgIpc) is 2.49. The van der Waals surface area contributed by atoms with Crippen molar-refractivity contribution in [1.29, 1.82) is 0 Å². The fraction of sp³-hybridized carbons (Fsp3) is 0.250. The summed E-state index contributed by atoms with van der Waals surface area (Å²) >= 11 is 0. The molecule has 0 heterocycles. The van der Waals surface area contributed by atoms with Crippen molar-refractivity contribution >= 4 is 0 Å². The molecule has 0 heteroatoms.